The van der Waals surface area contributed by atoms with Crippen molar-refractivity contribution < 1.29 is 0 Å². The van der Waals surface area contributed by atoms with Gasteiger partial charge in [0.25, 0.3) is 0 Å². The lowest BCUT2D eigenvalue weighted by Gasteiger charge is -2.27. The van der Waals surface area contributed by atoms with Crippen molar-refractivity contribution in [2.75, 3.05) is 4.90 Å². The monoisotopic (exact) mass is 670 g/mol. The second kappa shape index (κ2) is 14.1. The van der Waals surface area contributed by atoms with Crippen molar-refractivity contribution in [1.82, 2.24) is 4.57 Å². The first-order valence-corrected chi connectivity index (χ1v) is 18.1. The van der Waals surface area contributed by atoms with E-state index in [9.17, 15) is 0 Å². The van der Waals surface area contributed by atoms with Crippen LogP contribution in [0.4, 0.5) is 11.4 Å². The molecule has 0 aliphatic heterocycles. The molecule has 0 saturated carbocycles. The van der Waals surface area contributed by atoms with Crippen LogP contribution in [0, 0.1) is 0 Å². The molecule has 2 heteroatoms. The second-order valence-corrected chi connectivity index (χ2v) is 13.7. The predicted octanol–water partition coefficient (Wildman–Crippen LogP) is 11.7. The average molecular weight is 671 g/mol. The molecule has 52 heavy (non-hydrogen) atoms. The summed E-state index contributed by atoms with van der Waals surface area (Å²) in [5.74, 6) is 0. The first-order valence-electron chi connectivity index (χ1n) is 18.1. The van der Waals surface area contributed by atoms with Gasteiger partial charge < -0.3 is 9.47 Å². The van der Waals surface area contributed by atoms with E-state index in [0.717, 1.165) is 29.2 Å². The minimum atomic E-state index is -0.154. The Kier molecular flexibility index (Phi) is 8.89. The van der Waals surface area contributed by atoms with E-state index in [1.54, 1.807) is 0 Å². The maximum atomic E-state index is 4.02. The maximum Gasteiger partial charge on any atom is 0.0561 e. The quantitative estimate of drug-likeness (QED) is 0.139. The number of fused-ring (bicyclic) bond motifs is 3. The van der Waals surface area contributed by atoms with Gasteiger partial charge in [-0.1, -0.05) is 159 Å². The van der Waals surface area contributed by atoms with Gasteiger partial charge in [0, 0.05) is 44.1 Å². The summed E-state index contributed by atoms with van der Waals surface area (Å²) in [4.78, 5) is 2.30. The fourth-order valence-corrected chi connectivity index (χ4v) is 7.61. The molecule has 0 fully saturated rings. The van der Waals surface area contributed by atoms with Crippen LogP contribution in [0.5, 0.6) is 0 Å². The lowest BCUT2D eigenvalue weighted by molar-refractivity contribution is 0.652. The number of para-hydroxylation sites is 2. The second-order valence-electron chi connectivity index (χ2n) is 13.7. The molecule has 0 radical (unpaired) electrons. The Morgan fingerprint density at radius 2 is 1.25 bits per heavy atom. The molecule has 0 amide bonds. The van der Waals surface area contributed by atoms with Crippen LogP contribution in [0.25, 0.3) is 51.0 Å². The van der Waals surface area contributed by atoms with E-state index in [2.05, 4.69) is 218 Å². The minimum absolute atomic E-state index is 0.154. The number of hydrogen-bond donors (Lipinski definition) is 0. The normalized spacial score (nSPS) is 15.5. The van der Waals surface area contributed by atoms with E-state index in [1.165, 1.54) is 49.3 Å². The van der Waals surface area contributed by atoms with Gasteiger partial charge in [-0.15, -0.1) is 0 Å². The lowest BCUT2D eigenvalue weighted by atomic mass is 9.76. The van der Waals surface area contributed by atoms with E-state index in [-0.39, 0.29) is 5.41 Å². The summed E-state index contributed by atoms with van der Waals surface area (Å²) < 4.78 is 2.43. The molecule has 0 N–H and O–H groups in total. The molecule has 7 aromatic rings. The largest absolute Gasteiger partial charge is 0.310 e. The van der Waals surface area contributed by atoms with Crippen LogP contribution < -0.4 is 15.5 Å². The number of benzene rings is 6. The molecule has 8 rings (SSSR count). The molecule has 2 nitrogen and oxygen atoms in total. The van der Waals surface area contributed by atoms with Gasteiger partial charge in [0.05, 0.1) is 5.52 Å². The van der Waals surface area contributed by atoms with E-state index in [1.807, 2.05) is 6.08 Å². The molecule has 1 heterocycles. The van der Waals surface area contributed by atoms with Crippen molar-refractivity contribution in [1.29, 1.82) is 0 Å². The Bertz CT molecular complexity index is 2540. The molecule has 0 saturated heterocycles. The Hall–Kier alpha value is -6.38. The third-order valence-electron chi connectivity index (χ3n) is 10.3. The Morgan fingerprint density at radius 1 is 0.673 bits per heavy atom. The topological polar surface area (TPSA) is 8.17 Å². The van der Waals surface area contributed by atoms with Gasteiger partial charge in [-0.25, -0.2) is 0 Å². The van der Waals surface area contributed by atoms with Gasteiger partial charge in [0.15, 0.2) is 0 Å². The van der Waals surface area contributed by atoms with Gasteiger partial charge in [-0.05, 0) is 89.7 Å². The van der Waals surface area contributed by atoms with Crippen molar-refractivity contribution in [3.63, 3.8) is 0 Å². The highest BCUT2D eigenvalue weighted by atomic mass is 15.1. The van der Waals surface area contributed by atoms with Crippen LogP contribution in [0.15, 0.2) is 194 Å². The van der Waals surface area contributed by atoms with Crippen molar-refractivity contribution in [2.24, 2.45) is 0 Å². The molecule has 0 spiro atoms. The Morgan fingerprint density at radius 3 is 1.87 bits per heavy atom. The first kappa shape index (κ1) is 32.8. The van der Waals surface area contributed by atoms with Crippen LogP contribution in [-0.4, -0.2) is 4.57 Å². The lowest BCUT2D eigenvalue weighted by Crippen LogP contribution is -2.36. The summed E-state index contributed by atoms with van der Waals surface area (Å²) in [6.07, 6.45) is 14.0. The molecule has 1 aliphatic rings. The Balaban J connectivity index is 1.22. The number of rotatable bonds is 9. The number of allylic oxidation sites excluding steroid dienone is 4. The zero-order valence-corrected chi connectivity index (χ0v) is 29.8. The van der Waals surface area contributed by atoms with Crippen LogP contribution in [-0.2, 0) is 5.41 Å². The molecule has 6 aromatic carbocycles. The number of anilines is 2. The zero-order valence-electron chi connectivity index (χ0n) is 29.8. The van der Waals surface area contributed by atoms with Crippen molar-refractivity contribution >= 4 is 34.4 Å². The van der Waals surface area contributed by atoms with Gasteiger partial charge in [0.1, 0.15) is 0 Å². The summed E-state index contributed by atoms with van der Waals surface area (Å²) in [6.45, 7) is 8.45. The van der Waals surface area contributed by atoms with Gasteiger partial charge >= 0.3 is 0 Å². The molecule has 0 bridgehead atoms. The fourth-order valence-electron chi connectivity index (χ4n) is 7.61. The van der Waals surface area contributed by atoms with E-state index in [0.29, 0.717) is 0 Å². The highest BCUT2D eigenvalue weighted by Crippen LogP contribution is 2.36. The molecule has 252 valence electrons. The maximum absolute atomic E-state index is 4.02. The number of hydrogen-bond acceptors (Lipinski definition) is 1. The number of aromatic nitrogens is 1. The summed E-state index contributed by atoms with van der Waals surface area (Å²) in [5, 5.41) is 3.77. The first-order chi connectivity index (χ1) is 25.6. The number of nitrogens with zero attached hydrogens (tertiary/aromatic N) is 2. The predicted molar refractivity (Wildman–Crippen MR) is 222 cm³/mol. The Labute approximate surface area is 307 Å². The smallest absolute Gasteiger partial charge is 0.0561 e. The SMILES string of the molecule is C=C/C=C(\C=C/C)N(c1ccccc1)c1ccc2c3c(n(-c4ccccc4)c2c1)=CCC(C)(c1ccc(-c2ccc(-c4ccccc4)cc2)cc1)C=3. The highest BCUT2D eigenvalue weighted by molar-refractivity contribution is 5.90. The fraction of sp³-hybridized carbons (Fsp3) is 0.0800. The third-order valence-corrected chi connectivity index (χ3v) is 10.3. The highest BCUT2D eigenvalue weighted by Gasteiger charge is 2.27. The van der Waals surface area contributed by atoms with E-state index >= 15 is 0 Å². The van der Waals surface area contributed by atoms with E-state index in [4.69, 9.17) is 0 Å². The van der Waals surface area contributed by atoms with Crippen molar-refractivity contribution in [3.05, 3.63) is 210 Å². The molecule has 1 aromatic heterocycles. The molecule has 1 unspecified atom stereocenters. The van der Waals surface area contributed by atoms with Crippen LogP contribution in [0.2, 0.25) is 0 Å². The summed E-state index contributed by atoms with van der Waals surface area (Å²) in [5.41, 5.74) is 11.7. The van der Waals surface area contributed by atoms with Gasteiger partial charge in [-0.3, -0.25) is 0 Å². The standard InChI is InChI=1S/C50H42N2/c1-4-15-42(16-5-2)51(43-19-11-7-12-20-43)45-31-32-46-47-36-50(3,34-33-48(47)52(49(46)35-45)44-21-13-8-14-22-44)41-29-27-40(28-30-41)39-25-23-38(24-26-39)37-17-9-6-10-18-37/h4-33,35-36H,1,34H2,2-3H3/b16-5-,42-15+. The molecule has 1 aliphatic carbocycles. The van der Waals surface area contributed by atoms with Crippen LogP contribution in [0.3, 0.4) is 0 Å². The van der Waals surface area contributed by atoms with Gasteiger partial charge in [0.2, 0.25) is 0 Å². The third kappa shape index (κ3) is 6.14. The average Bonchev–Trinajstić information content (AvgIpc) is 3.52. The minimum Gasteiger partial charge on any atom is -0.310 e. The summed E-state index contributed by atoms with van der Waals surface area (Å²) in [7, 11) is 0. The van der Waals surface area contributed by atoms with Crippen LogP contribution in [0.1, 0.15) is 25.8 Å². The van der Waals surface area contributed by atoms with Crippen molar-refractivity contribution in [2.45, 2.75) is 25.7 Å². The van der Waals surface area contributed by atoms with Crippen molar-refractivity contribution in [3.8, 4) is 27.9 Å². The van der Waals surface area contributed by atoms with Gasteiger partial charge in [-0.2, -0.15) is 0 Å². The zero-order chi connectivity index (χ0) is 35.5. The summed E-state index contributed by atoms with van der Waals surface area (Å²) in [6, 6.07) is 56.8. The molecular weight excluding hydrogens is 629 g/mol. The molecular formula is C50H42N2. The summed E-state index contributed by atoms with van der Waals surface area (Å²) >= 11 is 0. The van der Waals surface area contributed by atoms with E-state index < -0.39 is 0 Å². The molecule has 1 atom stereocenters. The van der Waals surface area contributed by atoms with Crippen LogP contribution >= 0.6 is 0 Å².